The van der Waals surface area contributed by atoms with Gasteiger partial charge in [0.05, 0.1) is 19.8 Å². The Bertz CT molecular complexity index is 827. The molecule has 0 spiro atoms. The van der Waals surface area contributed by atoms with Crippen molar-refractivity contribution in [3.05, 3.63) is 51.1 Å². The van der Waals surface area contributed by atoms with Crippen LogP contribution < -0.4 is 14.2 Å². The molecule has 0 fully saturated rings. The molecular weight excluding hydrogens is 478 g/mol. The van der Waals surface area contributed by atoms with Gasteiger partial charge in [0.15, 0.2) is 11.5 Å². The first kappa shape index (κ1) is 21.1. The maximum atomic E-state index is 12.8. The molecule has 5 nitrogen and oxygen atoms in total. The number of hydrogen-bond donors (Lipinski definition) is 0. The SMILES string of the molecule is COc1cc(I)c(C(=O)N(C)Cc2ccccc2OC(F)(F)F)cc1OC. The van der Waals surface area contributed by atoms with Crippen LogP contribution in [0.5, 0.6) is 17.2 Å². The lowest BCUT2D eigenvalue weighted by molar-refractivity contribution is -0.275. The summed E-state index contributed by atoms with van der Waals surface area (Å²) in [4.78, 5) is 14.1. The van der Waals surface area contributed by atoms with E-state index in [0.717, 1.165) is 0 Å². The molecule has 1 amide bonds. The van der Waals surface area contributed by atoms with Crippen LogP contribution in [-0.4, -0.2) is 38.4 Å². The van der Waals surface area contributed by atoms with Crippen molar-refractivity contribution >= 4 is 28.5 Å². The Hall–Kier alpha value is -2.17. The number of para-hydroxylation sites is 1. The number of rotatable bonds is 6. The van der Waals surface area contributed by atoms with Crippen molar-refractivity contribution in [2.24, 2.45) is 0 Å². The molecule has 0 N–H and O–H groups in total. The van der Waals surface area contributed by atoms with Crippen LogP contribution in [-0.2, 0) is 6.54 Å². The summed E-state index contributed by atoms with van der Waals surface area (Å²) in [6.07, 6.45) is -4.81. The second-order valence-electron chi connectivity index (χ2n) is 5.50. The minimum absolute atomic E-state index is 0.0600. The van der Waals surface area contributed by atoms with Gasteiger partial charge in [-0.15, -0.1) is 13.2 Å². The predicted octanol–water partition coefficient (Wildman–Crippen LogP) is 4.48. The van der Waals surface area contributed by atoms with Gasteiger partial charge < -0.3 is 19.1 Å². The number of carbonyl (C=O) groups excluding carboxylic acids is 1. The first-order valence-electron chi connectivity index (χ1n) is 7.67. The van der Waals surface area contributed by atoms with Crippen molar-refractivity contribution in [3.63, 3.8) is 0 Å². The van der Waals surface area contributed by atoms with E-state index in [4.69, 9.17) is 9.47 Å². The summed E-state index contributed by atoms with van der Waals surface area (Å²) in [5, 5.41) is 0. The van der Waals surface area contributed by atoms with Crippen LogP contribution in [0.25, 0.3) is 0 Å². The van der Waals surface area contributed by atoms with Gasteiger partial charge in [-0.3, -0.25) is 4.79 Å². The van der Waals surface area contributed by atoms with Gasteiger partial charge in [-0.1, -0.05) is 18.2 Å². The zero-order valence-electron chi connectivity index (χ0n) is 14.8. The van der Waals surface area contributed by atoms with Crippen molar-refractivity contribution in [2.45, 2.75) is 12.9 Å². The zero-order chi connectivity index (χ0) is 20.2. The second kappa shape index (κ2) is 8.68. The van der Waals surface area contributed by atoms with Crippen LogP contribution in [0.1, 0.15) is 15.9 Å². The molecule has 0 unspecified atom stereocenters. The molecule has 0 aromatic heterocycles. The lowest BCUT2D eigenvalue weighted by atomic mass is 10.1. The maximum absolute atomic E-state index is 12.8. The van der Waals surface area contributed by atoms with Crippen molar-refractivity contribution in [1.82, 2.24) is 4.90 Å². The Labute approximate surface area is 168 Å². The van der Waals surface area contributed by atoms with E-state index in [9.17, 15) is 18.0 Å². The highest BCUT2D eigenvalue weighted by Crippen LogP contribution is 2.32. The molecule has 0 bridgehead atoms. The molecule has 0 aliphatic rings. The summed E-state index contributed by atoms with van der Waals surface area (Å²) in [6, 6.07) is 8.89. The van der Waals surface area contributed by atoms with E-state index in [1.165, 1.54) is 50.4 Å². The van der Waals surface area contributed by atoms with Crippen molar-refractivity contribution in [3.8, 4) is 17.2 Å². The van der Waals surface area contributed by atoms with E-state index < -0.39 is 6.36 Å². The summed E-state index contributed by atoms with van der Waals surface area (Å²) in [5.74, 6) is 0.148. The monoisotopic (exact) mass is 495 g/mol. The van der Waals surface area contributed by atoms with Gasteiger partial charge in [0.1, 0.15) is 5.75 Å². The Morgan fingerprint density at radius 3 is 2.26 bits per heavy atom. The molecule has 2 rings (SSSR count). The number of amides is 1. The number of nitrogens with zero attached hydrogens (tertiary/aromatic N) is 1. The van der Waals surface area contributed by atoms with Crippen molar-refractivity contribution in [2.75, 3.05) is 21.3 Å². The minimum Gasteiger partial charge on any atom is -0.493 e. The summed E-state index contributed by atoms with van der Waals surface area (Å²) in [6.45, 7) is -0.0600. The average molecular weight is 495 g/mol. The third-order valence-corrected chi connectivity index (χ3v) is 4.55. The maximum Gasteiger partial charge on any atom is 0.573 e. The van der Waals surface area contributed by atoms with E-state index >= 15 is 0 Å². The average Bonchev–Trinajstić information content (AvgIpc) is 2.61. The molecule has 0 radical (unpaired) electrons. The molecule has 0 heterocycles. The van der Waals surface area contributed by atoms with Crippen LogP contribution >= 0.6 is 22.6 Å². The van der Waals surface area contributed by atoms with E-state index in [-0.39, 0.29) is 23.8 Å². The minimum atomic E-state index is -4.81. The Balaban J connectivity index is 2.27. The second-order valence-corrected chi connectivity index (χ2v) is 6.67. The summed E-state index contributed by atoms with van der Waals surface area (Å²) >= 11 is 1.99. The van der Waals surface area contributed by atoms with Crippen LogP contribution in [0.4, 0.5) is 13.2 Å². The van der Waals surface area contributed by atoms with Crippen LogP contribution in [0, 0.1) is 3.57 Å². The number of hydrogen-bond acceptors (Lipinski definition) is 4. The Kier molecular flexibility index (Phi) is 6.79. The normalized spacial score (nSPS) is 11.1. The van der Waals surface area contributed by atoms with Gasteiger partial charge in [0.25, 0.3) is 5.91 Å². The highest BCUT2D eigenvalue weighted by molar-refractivity contribution is 14.1. The third kappa shape index (κ3) is 5.41. The highest BCUT2D eigenvalue weighted by Gasteiger charge is 2.32. The molecule has 0 aliphatic carbocycles. The number of methoxy groups -OCH3 is 2. The smallest absolute Gasteiger partial charge is 0.493 e. The summed E-state index contributed by atoms with van der Waals surface area (Å²) in [7, 11) is 4.44. The number of carbonyl (C=O) groups is 1. The highest BCUT2D eigenvalue weighted by atomic mass is 127. The van der Waals surface area contributed by atoms with Crippen LogP contribution in [0.2, 0.25) is 0 Å². The standard InChI is InChI=1S/C18H17F3INO4/c1-23(10-11-6-4-5-7-14(11)27-18(19,20)21)17(24)12-8-15(25-2)16(26-3)9-13(12)22/h4-9H,10H2,1-3H3. The largest absolute Gasteiger partial charge is 0.573 e. The molecular formula is C18H17F3INO4. The van der Waals surface area contributed by atoms with Gasteiger partial charge in [-0.25, -0.2) is 0 Å². The number of benzene rings is 2. The number of ether oxygens (including phenoxy) is 3. The fourth-order valence-electron chi connectivity index (χ4n) is 2.41. The Morgan fingerprint density at radius 1 is 1.07 bits per heavy atom. The van der Waals surface area contributed by atoms with Crippen LogP contribution in [0.3, 0.4) is 0 Å². The quantitative estimate of drug-likeness (QED) is 0.555. The fraction of sp³-hybridized carbons (Fsp3) is 0.278. The number of alkyl halides is 3. The van der Waals surface area contributed by atoms with Gasteiger partial charge >= 0.3 is 6.36 Å². The van der Waals surface area contributed by atoms with E-state index in [2.05, 4.69) is 4.74 Å². The lowest BCUT2D eigenvalue weighted by Gasteiger charge is -2.21. The molecule has 0 aliphatic heterocycles. The molecule has 0 atom stereocenters. The molecule has 0 saturated carbocycles. The van der Waals surface area contributed by atoms with Gasteiger partial charge in [0.2, 0.25) is 0 Å². The molecule has 27 heavy (non-hydrogen) atoms. The molecule has 146 valence electrons. The topological polar surface area (TPSA) is 48.0 Å². The Morgan fingerprint density at radius 2 is 1.67 bits per heavy atom. The molecule has 2 aromatic carbocycles. The lowest BCUT2D eigenvalue weighted by Crippen LogP contribution is -2.28. The first-order valence-corrected chi connectivity index (χ1v) is 8.74. The molecule has 2 aromatic rings. The van der Waals surface area contributed by atoms with Gasteiger partial charge in [0, 0.05) is 22.7 Å². The summed E-state index contributed by atoms with van der Waals surface area (Å²) in [5.41, 5.74) is 0.589. The van der Waals surface area contributed by atoms with Crippen LogP contribution in [0.15, 0.2) is 36.4 Å². The molecule has 0 saturated heterocycles. The fourth-order valence-corrected chi connectivity index (χ4v) is 3.08. The third-order valence-electron chi connectivity index (χ3n) is 3.66. The zero-order valence-corrected chi connectivity index (χ0v) is 16.9. The first-order chi connectivity index (χ1) is 12.7. The molecule has 9 heteroatoms. The predicted molar refractivity (Wildman–Crippen MR) is 101 cm³/mol. The van der Waals surface area contributed by atoms with E-state index in [0.29, 0.717) is 20.6 Å². The summed E-state index contributed by atoms with van der Waals surface area (Å²) < 4.78 is 52.7. The van der Waals surface area contributed by atoms with Gasteiger partial charge in [-0.2, -0.15) is 0 Å². The van der Waals surface area contributed by atoms with Crippen molar-refractivity contribution < 1.29 is 32.2 Å². The van der Waals surface area contributed by atoms with Crippen molar-refractivity contribution in [1.29, 1.82) is 0 Å². The van der Waals surface area contributed by atoms with Gasteiger partial charge in [-0.05, 0) is 40.8 Å². The number of halogens is 4. The van der Waals surface area contributed by atoms with E-state index in [1.807, 2.05) is 22.6 Å². The van der Waals surface area contributed by atoms with E-state index in [1.54, 1.807) is 12.1 Å².